The van der Waals surface area contributed by atoms with Gasteiger partial charge in [0, 0.05) is 6.20 Å². The van der Waals surface area contributed by atoms with Crippen molar-refractivity contribution in [2.24, 2.45) is 0 Å². The topological polar surface area (TPSA) is 62.7 Å². The molecule has 0 atom stereocenters. The predicted molar refractivity (Wildman–Crippen MR) is 89.2 cm³/mol. The Morgan fingerprint density at radius 1 is 1.32 bits per heavy atom. The molecule has 2 heterocycles. The van der Waals surface area contributed by atoms with Gasteiger partial charge >= 0.3 is 5.91 Å². The van der Waals surface area contributed by atoms with Gasteiger partial charge in [0.15, 0.2) is 5.76 Å². The van der Waals surface area contributed by atoms with Crippen LogP contribution in [0.4, 0.5) is 5.82 Å². The lowest BCUT2D eigenvalue weighted by atomic mass is 10.2. The van der Waals surface area contributed by atoms with Gasteiger partial charge in [0.05, 0.1) is 4.47 Å². The standard InChI is InChI=1S/C15H9BrN2O3S/c16-10-7-9(4-5-11(10)19)8-12-14(20)18(15(22)21-12)13-3-1-2-6-17-13/h1-8,19H. The lowest BCUT2D eigenvalue weighted by molar-refractivity contribution is -0.114. The van der Waals surface area contributed by atoms with Crippen molar-refractivity contribution in [2.75, 3.05) is 4.90 Å². The van der Waals surface area contributed by atoms with Crippen LogP contribution in [0.2, 0.25) is 0 Å². The summed E-state index contributed by atoms with van der Waals surface area (Å²) in [5.74, 6) is 0.250. The lowest BCUT2D eigenvalue weighted by Gasteiger charge is -2.09. The maximum atomic E-state index is 12.4. The van der Waals surface area contributed by atoms with Crippen LogP contribution in [0.3, 0.4) is 0 Å². The van der Waals surface area contributed by atoms with Gasteiger partial charge < -0.3 is 9.84 Å². The fourth-order valence-corrected chi connectivity index (χ4v) is 2.58. The number of carbonyl (C=O) groups is 1. The van der Waals surface area contributed by atoms with Crippen LogP contribution in [0, 0.1) is 0 Å². The molecule has 1 aliphatic heterocycles. The summed E-state index contributed by atoms with van der Waals surface area (Å²) in [4.78, 5) is 17.7. The number of rotatable bonds is 2. The maximum absolute atomic E-state index is 12.4. The highest BCUT2D eigenvalue weighted by atomic mass is 79.9. The molecule has 5 nitrogen and oxygen atoms in total. The van der Waals surface area contributed by atoms with Gasteiger partial charge in [0.25, 0.3) is 5.17 Å². The number of halogens is 1. The first-order chi connectivity index (χ1) is 10.6. The monoisotopic (exact) mass is 376 g/mol. The van der Waals surface area contributed by atoms with Gasteiger partial charge in [-0.15, -0.1) is 0 Å². The minimum Gasteiger partial charge on any atom is -0.507 e. The van der Waals surface area contributed by atoms with Crippen LogP contribution in [-0.2, 0) is 9.53 Å². The van der Waals surface area contributed by atoms with Gasteiger partial charge in [-0.1, -0.05) is 12.1 Å². The quantitative estimate of drug-likeness (QED) is 0.643. The summed E-state index contributed by atoms with van der Waals surface area (Å²) in [7, 11) is 0. The van der Waals surface area contributed by atoms with Crippen LogP contribution < -0.4 is 4.90 Å². The van der Waals surface area contributed by atoms with Crippen LogP contribution in [0.25, 0.3) is 6.08 Å². The average molecular weight is 377 g/mol. The van der Waals surface area contributed by atoms with Gasteiger partial charge in [-0.3, -0.25) is 4.79 Å². The lowest BCUT2D eigenvalue weighted by Crippen LogP contribution is -2.28. The summed E-state index contributed by atoms with van der Waals surface area (Å²) in [6, 6.07) is 10.0. The third-order valence-electron chi connectivity index (χ3n) is 2.94. The van der Waals surface area contributed by atoms with E-state index < -0.39 is 0 Å². The molecule has 110 valence electrons. The second-order valence-corrected chi connectivity index (χ2v) is 5.62. The number of thiocarbonyl (C=S) groups is 1. The zero-order valence-corrected chi connectivity index (χ0v) is 13.5. The van der Waals surface area contributed by atoms with Crippen LogP contribution in [0.5, 0.6) is 5.75 Å². The molecule has 1 aliphatic rings. The Morgan fingerprint density at radius 3 is 2.82 bits per heavy atom. The molecule has 0 saturated carbocycles. The van der Waals surface area contributed by atoms with Crippen molar-refractivity contribution in [3.8, 4) is 5.75 Å². The molecule has 1 amide bonds. The molecule has 1 aromatic carbocycles. The molecule has 0 aliphatic carbocycles. The van der Waals surface area contributed by atoms with Gasteiger partial charge in [-0.05, 0) is 64.1 Å². The Labute approximate surface area is 140 Å². The van der Waals surface area contributed by atoms with E-state index in [9.17, 15) is 9.90 Å². The number of nitrogens with zero attached hydrogens (tertiary/aromatic N) is 2. The summed E-state index contributed by atoms with van der Waals surface area (Å²) in [6.45, 7) is 0. The Bertz CT molecular complexity index is 793. The second-order valence-electron chi connectivity index (χ2n) is 4.42. The summed E-state index contributed by atoms with van der Waals surface area (Å²) < 4.78 is 5.89. The summed E-state index contributed by atoms with van der Waals surface area (Å²) in [6.07, 6.45) is 3.13. The van der Waals surface area contributed by atoms with E-state index >= 15 is 0 Å². The van der Waals surface area contributed by atoms with Crippen molar-refractivity contribution in [2.45, 2.75) is 0 Å². The van der Waals surface area contributed by atoms with Crippen molar-refractivity contribution >= 4 is 51.1 Å². The fraction of sp³-hybridized carbons (Fsp3) is 0. The van der Waals surface area contributed by atoms with Crippen molar-refractivity contribution in [1.29, 1.82) is 0 Å². The summed E-state index contributed by atoms with van der Waals surface area (Å²) >= 11 is 8.31. The molecule has 1 aromatic heterocycles. The first-order valence-corrected chi connectivity index (χ1v) is 7.44. The highest BCUT2D eigenvalue weighted by molar-refractivity contribution is 9.10. The Morgan fingerprint density at radius 2 is 2.14 bits per heavy atom. The maximum Gasteiger partial charge on any atom is 0.302 e. The highest BCUT2D eigenvalue weighted by Crippen LogP contribution is 2.28. The minimum absolute atomic E-state index is 0.0350. The molecular formula is C15H9BrN2O3S. The van der Waals surface area contributed by atoms with Crippen molar-refractivity contribution < 1.29 is 14.6 Å². The van der Waals surface area contributed by atoms with E-state index in [2.05, 4.69) is 20.9 Å². The first kappa shape index (κ1) is 14.7. The molecule has 2 aromatic rings. The zero-order valence-electron chi connectivity index (χ0n) is 11.1. The Kier molecular flexibility index (Phi) is 3.91. The van der Waals surface area contributed by atoms with E-state index in [0.717, 1.165) is 0 Å². The molecular weight excluding hydrogens is 368 g/mol. The number of carbonyl (C=O) groups excluding carboxylic acids is 1. The van der Waals surface area contributed by atoms with Gasteiger partial charge in [-0.25, -0.2) is 9.88 Å². The van der Waals surface area contributed by atoms with Gasteiger partial charge in [-0.2, -0.15) is 0 Å². The third kappa shape index (κ3) is 2.72. The largest absolute Gasteiger partial charge is 0.507 e. The molecule has 0 radical (unpaired) electrons. The number of benzene rings is 1. The molecule has 1 saturated heterocycles. The molecule has 7 heteroatoms. The smallest absolute Gasteiger partial charge is 0.302 e. The van der Waals surface area contributed by atoms with Crippen LogP contribution in [0.1, 0.15) is 5.56 Å². The number of aromatic hydroxyl groups is 1. The van der Waals surface area contributed by atoms with Crippen molar-refractivity contribution in [1.82, 2.24) is 4.98 Å². The van der Waals surface area contributed by atoms with Gasteiger partial charge in [0.1, 0.15) is 11.6 Å². The minimum atomic E-state index is -0.382. The van der Waals surface area contributed by atoms with E-state index in [4.69, 9.17) is 17.0 Å². The normalized spacial score (nSPS) is 16.2. The average Bonchev–Trinajstić information content (AvgIpc) is 2.78. The van der Waals surface area contributed by atoms with Crippen LogP contribution in [-0.4, -0.2) is 21.2 Å². The number of phenolic OH excluding ortho intramolecular Hbond substituents is 1. The van der Waals surface area contributed by atoms with E-state index in [1.54, 1.807) is 42.6 Å². The summed E-state index contributed by atoms with van der Waals surface area (Å²) in [5, 5.41) is 9.52. The number of anilines is 1. The third-order valence-corrected chi connectivity index (χ3v) is 3.84. The molecule has 0 bridgehead atoms. The summed E-state index contributed by atoms with van der Waals surface area (Å²) in [5.41, 5.74) is 0.693. The predicted octanol–water partition coefficient (Wildman–Crippen LogP) is 3.24. The number of hydrogen-bond donors (Lipinski definition) is 1. The number of pyridine rings is 1. The number of phenols is 1. The van der Waals surface area contributed by atoms with Crippen molar-refractivity contribution in [3.63, 3.8) is 0 Å². The molecule has 3 rings (SSSR count). The number of aromatic nitrogens is 1. The second kappa shape index (κ2) is 5.86. The molecule has 22 heavy (non-hydrogen) atoms. The van der Waals surface area contributed by atoms with Gasteiger partial charge in [0.2, 0.25) is 0 Å². The van der Waals surface area contributed by atoms with Crippen LogP contribution in [0.15, 0.2) is 52.8 Å². The first-order valence-electron chi connectivity index (χ1n) is 6.24. The number of ether oxygens (including phenoxy) is 1. The van der Waals surface area contributed by atoms with E-state index in [1.165, 1.54) is 11.0 Å². The fourth-order valence-electron chi connectivity index (χ4n) is 1.92. The van der Waals surface area contributed by atoms with E-state index in [-0.39, 0.29) is 22.6 Å². The van der Waals surface area contributed by atoms with E-state index in [1.807, 2.05) is 0 Å². The number of amides is 1. The molecule has 0 spiro atoms. The zero-order chi connectivity index (χ0) is 15.7. The Hall–Kier alpha value is -2.25. The van der Waals surface area contributed by atoms with E-state index in [0.29, 0.717) is 15.9 Å². The Balaban J connectivity index is 1.93. The molecule has 1 N–H and O–H groups in total. The van der Waals surface area contributed by atoms with Crippen LogP contribution >= 0.6 is 28.1 Å². The van der Waals surface area contributed by atoms with Crippen molar-refractivity contribution in [3.05, 3.63) is 58.4 Å². The number of hydrogen-bond acceptors (Lipinski definition) is 5. The molecule has 1 fully saturated rings. The SMILES string of the molecule is O=C1C(=Cc2ccc(O)c(Br)c2)OC(=S)N1c1ccccn1. The molecule has 0 unspecified atom stereocenters. The highest BCUT2D eigenvalue weighted by Gasteiger charge is 2.35.